The number of esters is 1. The molecule has 0 fully saturated rings. The average molecular weight is 181 g/mol. The Balaban J connectivity index is 2.90. The Kier molecular flexibility index (Phi) is 2.74. The highest BCUT2D eigenvalue weighted by atomic mass is 19.1. The van der Waals surface area contributed by atoms with Crippen molar-refractivity contribution in [1.82, 2.24) is 0 Å². The zero-order valence-electron chi connectivity index (χ0n) is 7.00. The van der Waals surface area contributed by atoms with E-state index in [1.54, 1.807) is 0 Å². The van der Waals surface area contributed by atoms with Crippen LogP contribution in [0.3, 0.4) is 0 Å². The molecule has 1 aromatic carbocycles. The van der Waals surface area contributed by atoms with Crippen molar-refractivity contribution < 1.29 is 13.9 Å². The second-order valence-electron chi connectivity index (χ2n) is 2.37. The van der Waals surface area contributed by atoms with E-state index < -0.39 is 11.8 Å². The van der Waals surface area contributed by atoms with Gasteiger partial charge in [-0.25, -0.2) is 9.18 Å². The van der Waals surface area contributed by atoms with Gasteiger partial charge in [-0.3, -0.25) is 5.41 Å². The topological polar surface area (TPSA) is 50.2 Å². The second kappa shape index (κ2) is 3.80. The van der Waals surface area contributed by atoms with E-state index in [2.05, 4.69) is 4.74 Å². The van der Waals surface area contributed by atoms with Gasteiger partial charge in [-0.1, -0.05) is 0 Å². The average Bonchev–Trinajstić information content (AvgIpc) is 2.17. The summed E-state index contributed by atoms with van der Waals surface area (Å²) >= 11 is 0. The first-order chi connectivity index (χ1) is 6.15. The molecule has 3 nitrogen and oxygen atoms in total. The quantitative estimate of drug-likeness (QED) is 0.553. The zero-order valence-corrected chi connectivity index (χ0v) is 7.00. The van der Waals surface area contributed by atoms with Gasteiger partial charge < -0.3 is 4.74 Å². The highest BCUT2D eigenvalue weighted by Gasteiger charge is 2.11. The third-order valence-electron chi connectivity index (χ3n) is 1.52. The van der Waals surface area contributed by atoms with Crippen LogP contribution in [0.15, 0.2) is 24.3 Å². The number of ether oxygens (including phenoxy) is 1. The molecule has 0 aliphatic heterocycles. The van der Waals surface area contributed by atoms with Crippen molar-refractivity contribution in [2.24, 2.45) is 0 Å². The number of methoxy groups -OCH3 is 1. The van der Waals surface area contributed by atoms with Gasteiger partial charge in [0, 0.05) is 5.56 Å². The number of benzene rings is 1. The van der Waals surface area contributed by atoms with E-state index in [1.807, 2.05) is 0 Å². The number of halogens is 1. The van der Waals surface area contributed by atoms with Crippen LogP contribution in [0.25, 0.3) is 0 Å². The van der Waals surface area contributed by atoms with Gasteiger partial charge in [-0.05, 0) is 24.3 Å². The van der Waals surface area contributed by atoms with Crippen LogP contribution < -0.4 is 0 Å². The van der Waals surface area contributed by atoms with Crippen LogP contribution in [0, 0.1) is 11.2 Å². The third kappa shape index (κ3) is 2.11. The molecular formula is C9H8FNO2. The van der Waals surface area contributed by atoms with E-state index in [1.165, 1.54) is 31.4 Å². The first-order valence-electron chi connectivity index (χ1n) is 3.58. The van der Waals surface area contributed by atoms with Crippen LogP contribution in [0.2, 0.25) is 0 Å². The van der Waals surface area contributed by atoms with Gasteiger partial charge in [-0.15, -0.1) is 0 Å². The predicted molar refractivity (Wildman–Crippen MR) is 45.2 cm³/mol. The smallest absolute Gasteiger partial charge is 0.356 e. The molecule has 68 valence electrons. The van der Waals surface area contributed by atoms with Crippen molar-refractivity contribution in [1.29, 1.82) is 5.41 Å². The van der Waals surface area contributed by atoms with Gasteiger partial charge in [0.1, 0.15) is 11.5 Å². The number of hydrogen-bond donors (Lipinski definition) is 1. The number of rotatable bonds is 2. The lowest BCUT2D eigenvalue weighted by Crippen LogP contribution is -2.15. The molecule has 0 radical (unpaired) electrons. The first-order valence-corrected chi connectivity index (χ1v) is 3.58. The lowest BCUT2D eigenvalue weighted by Gasteiger charge is -2.00. The molecule has 4 heteroatoms. The highest BCUT2D eigenvalue weighted by molar-refractivity contribution is 6.41. The molecule has 1 rings (SSSR count). The van der Waals surface area contributed by atoms with Crippen molar-refractivity contribution in [3.8, 4) is 0 Å². The molecule has 0 amide bonds. The molecule has 0 atom stereocenters. The van der Waals surface area contributed by atoms with Crippen LogP contribution in [0.5, 0.6) is 0 Å². The molecule has 1 aromatic rings. The SMILES string of the molecule is COC(=O)C(=N)c1ccc(F)cc1. The molecule has 0 bridgehead atoms. The molecule has 13 heavy (non-hydrogen) atoms. The van der Waals surface area contributed by atoms with Gasteiger partial charge in [-0.2, -0.15) is 0 Å². The summed E-state index contributed by atoms with van der Waals surface area (Å²) in [6, 6.07) is 5.09. The Morgan fingerprint density at radius 1 is 1.38 bits per heavy atom. The van der Waals surface area contributed by atoms with Gasteiger partial charge >= 0.3 is 5.97 Å². The Hall–Kier alpha value is -1.71. The van der Waals surface area contributed by atoms with E-state index >= 15 is 0 Å². The number of hydrogen-bond acceptors (Lipinski definition) is 3. The lowest BCUT2D eigenvalue weighted by atomic mass is 10.1. The molecule has 1 N–H and O–H groups in total. The summed E-state index contributed by atoms with van der Waals surface area (Å²) in [7, 11) is 1.19. The molecule has 0 unspecified atom stereocenters. The summed E-state index contributed by atoms with van der Waals surface area (Å²) < 4.78 is 16.8. The molecule has 0 aromatic heterocycles. The van der Waals surface area contributed by atoms with Crippen LogP contribution in [0.1, 0.15) is 5.56 Å². The van der Waals surface area contributed by atoms with Crippen molar-refractivity contribution in [3.63, 3.8) is 0 Å². The fraction of sp³-hybridized carbons (Fsp3) is 0.111. The van der Waals surface area contributed by atoms with Crippen LogP contribution in [-0.4, -0.2) is 18.8 Å². The van der Waals surface area contributed by atoms with Crippen LogP contribution >= 0.6 is 0 Å². The summed E-state index contributed by atoms with van der Waals surface area (Å²) in [5, 5.41) is 7.31. The minimum absolute atomic E-state index is 0.275. The summed E-state index contributed by atoms with van der Waals surface area (Å²) in [5.74, 6) is -1.13. The van der Waals surface area contributed by atoms with Gasteiger partial charge in [0.2, 0.25) is 0 Å². The Bertz CT molecular complexity index is 332. The highest BCUT2D eigenvalue weighted by Crippen LogP contribution is 2.04. The van der Waals surface area contributed by atoms with E-state index in [0.29, 0.717) is 5.56 Å². The summed E-state index contributed by atoms with van der Waals surface area (Å²) in [6.45, 7) is 0. The standard InChI is InChI=1S/C9H8FNO2/c1-13-9(12)8(11)6-2-4-7(10)5-3-6/h2-5,11H,1H3. The Morgan fingerprint density at radius 2 is 1.92 bits per heavy atom. The van der Waals surface area contributed by atoms with Crippen LogP contribution in [0.4, 0.5) is 4.39 Å². The molecule has 0 spiro atoms. The Labute approximate surface area is 74.7 Å². The van der Waals surface area contributed by atoms with E-state index in [4.69, 9.17) is 5.41 Å². The fourth-order valence-corrected chi connectivity index (χ4v) is 0.836. The molecule has 0 saturated carbocycles. The van der Waals surface area contributed by atoms with Gasteiger partial charge in [0.25, 0.3) is 0 Å². The second-order valence-corrected chi connectivity index (χ2v) is 2.37. The van der Waals surface area contributed by atoms with Crippen molar-refractivity contribution in [2.45, 2.75) is 0 Å². The van der Waals surface area contributed by atoms with Gasteiger partial charge in [0.05, 0.1) is 7.11 Å². The number of carbonyl (C=O) groups excluding carboxylic acids is 1. The largest absolute Gasteiger partial charge is 0.464 e. The maximum atomic E-state index is 12.4. The fourth-order valence-electron chi connectivity index (χ4n) is 0.836. The van der Waals surface area contributed by atoms with E-state index in [9.17, 15) is 9.18 Å². The van der Waals surface area contributed by atoms with Crippen LogP contribution in [-0.2, 0) is 9.53 Å². The van der Waals surface area contributed by atoms with Gasteiger partial charge in [0.15, 0.2) is 0 Å². The van der Waals surface area contributed by atoms with E-state index in [-0.39, 0.29) is 5.71 Å². The number of nitrogens with one attached hydrogen (secondary N) is 1. The Morgan fingerprint density at radius 3 is 2.38 bits per heavy atom. The zero-order chi connectivity index (χ0) is 9.84. The van der Waals surface area contributed by atoms with Crippen molar-refractivity contribution in [2.75, 3.05) is 7.11 Å². The summed E-state index contributed by atoms with van der Waals surface area (Å²) in [4.78, 5) is 10.9. The molecule has 0 heterocycles. The van der Waals surface area contributed by atoms with Crippen molar-refractivity contribution in [3.05, 3.63) is 35.6 Å². The lowest BCUT2D eigenvalue weighted by molar-refractivity contribution is -0.132. The van der Waals surface area contributed by atoms with E-state index in [0.717, 1.165) is 0 Å². The molecule has 0 aliphatic carbocycles. The normalized spacial score (nSPS) is 9.38. The minimum atomic E-state index is -0.730. The monoisotopic (exact) mass is 181 g/mol. The summed E-state index contributed by atoms with van der Waals surface area (Å²) in [6.07, 6.45) is 0. The molecule has 0 aliphatic rings. The molecule has 0 saturated heterocycles. The number of carbonyl (C=O) groups is 1. The maximum Gasteiger partial charge on any atom is 0.356 e. The third-order valence-corrected chi connectivity index (χ3v) is 1.52. The first kappa shape index (κ1) is 9.38. The predicted octanol–water partition coefficient (Wildman–Crippen LogP) is 1.37. The maximum absolute atomic E-state index is 12.4. The summed E-state index contributed by atoms with van der Waals surface area (Å²) in [5.41, 5.74) is 0.0655. The minimum Gasteiger partial charge on any atom is -0.464 e. The van der Waals surface area contributed by atoms with Crippen molar-refractivity contribution >= 4 is 11.7 Å². The molecular weight excluding hydrogens is 173 g/mol.